The summed E-state index contributed by atoms with van der Waals surface area (Å²) in [4.78, 5) is 0. The average Bonchev–Trinajstić information content (AvgIpc) is 1.90. The first-order chi connectivity index (χ1) is 3.93. The van der Waals surface area contributed by atoms with Crippen molar-refractivity contribution in [2.45, 2.75) is 0 Å². The van der Waals surface area contributed by atoms with Crippen LogP contribution in [0, 0.1) is 0 Å². The molecule has 0 fully saturated rings. The fourth-order valence-electron chi connectivity index (χ4n) is 0.505. The summed E-state index contributed by atoms with van der Waals surface area (Å²) < 4.78 is 0. The van der Waals surface area contributed by atoms with Gasteiger partial charge in [-0.25, -0.2) is 0 Å². The summed E-state index contributed by atoms with van der Waals surface area (Å²) in [6, 6.07) is 0. The van der Waals surface area contributed by atoms with Crippen LogP contribution in [0.15, 0.2) is 24.6 Å². The van der Waals surface area contributed by atoms with Crippen molar-refractivity contribution in [3.05, 3.63) is 24.6 Å². The van der Waals surface area contributed by atoms with Crippen LogP contribution in [0.1, 0.15) is 0 Å². The number of hydrogen-bond donors (Lipinski definition) is 2. The summed E-state index contributed by atoms with van der Waals surface area (Å²) in [5, 5.41) is 1.78. The van der Waals surface area contributed by atoms with Gasteiger partial charge in [-0.2, -0.15) is 0 Å². The molecule has 0 aliphatic carbocycles. The lowest BCUT2D eigenvalue weighted by Gasteiger charge is -2.18. The summed E-state index contributed by atoms with van der Waals surface area (Å²) in [6.07, 6.45) is 7.53. The van der Waals surface area contributed by atoms with Crippen LogP contribution in [-0.2, 0) is 0 Å². The standard InChI is InChI=1S/C5H9N3.ClH/c6-5-8-4-2-1-3-7-8;/h1-4,7H,5-6H2;1H. The van der Waals surface area contributed by atoms with Crippen molar-refractivity contribution in [2.24, 2.45) is 5.73 Å². The molecular weight excluding hydrogens is 138 g/mol. The van der Waals surface area contributed by atoms with E-state index in [0.29, 0.717) is 6.67 Å². The minimum absolute atomic E-state index is 0. The number of nitrogens with zero attached hydrogens (tertiary/aromatic N) is 1. The van der Waals surface area contributed by atoms with Gasteiger partial charge in [-0.3, -0.25) is 5.01 Å². The molecule has 52 valence electrons. The zero-order valence-corrected chi connectivity index (χ0v) is 5.77. The number of rotatable bonds is 1. The Labute approximate surface area is 60.6 Å². The predicted octanol–water partition coefficient (Wildman–Crippen LogP) is 0.172. The van der Waals surface area contributed by atoms with E-state index in [4.69, 9.17) is 5.73 Å². The molecular formula is C5H10ClN3. The molecule has 0 spiro atoms. The summed E-state index contributed by atoms with van der Waals surface area (Å²) >= 11 is 0. The van der Waals surface area contributed by atoms with Crippen molar-refractivity contribution in [3.8, 4) is 0 Å². The number of hydrogen-bond acceptors (Lipinski definition) is 3. The molecule has 0 unspecified atom stereocenters. The van der Waals surface area contributed by atoms with Crippen LogP contribution in [0.3, 0.4) is 0 Å². The molecule has 0 aromatic heterocycles. The number of nitrogens with one attached hydrogen (secondary N) is 1. The molecule has 4 heteroatoms. The topological polar surface area (TPSA) is 41.3 Å². The van der Waals surface area contributed by atoms with E-state index in [9.17, 15) is 0 Å². The fourth-order valence-corrected chi connectivity index (χ4v) is 0.505. The van der Waals surface area contributed by atoms with Crippen LogP contribution in [0.25, 0.3) is 0 Å². The Morgan fingerprint density at radius 1 is 1.44 bits per heavy atom. The summed E-state index contributed by atoms with van der Waals surface area (Å²) in [7, 11) is 0. The van der Waals surface area contributed by atoms with E-state index in [2.05, 4.69) is 5.43 Å². The van der Waals surface area contributed by atoms with Gasteiger partial charge in [0.25, 0.3) is 0 Å². The van der Waals surface area contributed by atoms with Gasteiger partial charge in [-0.15, -0.1) is 12.4 Å². The molecule has 1 aliphatic rings. The first-order valence-electron chi connectivity index (χ1n) is 2.49. The Morgan fingerprint density at radius 3 is 2.56 bits per heavy atom. The lowest BCUT2D eigenvalue weighted by Crippen LogP contribution is -2.35. The highest BCUT2D eigenvalue weighted by atomic mass is 35.5. The highest BCUT2D eigenvalue weighted by molar-refractivity contribution is 5.85. The fraction of sp³-hybridized carbons (Fsp3) is 0.200. The number of hydrazine groups is 1. The second-order valence-corrected chi connectivity index (χ2v) is 1.48. The third-order valence-corrected chi connectivity index (χ3v) is 0.910. The maximum Gasteiger partial charge on any atom is 0.0856 e. The second-order valence-electron chi connectivity index (χ2n) is 1.48. The van der Waals surface area contributed by atoms with E-state index in [1.165, 1.54) is 0 Å². The molecule has 0 aromatic rings. The third kappa shape index (κ3) is 2.39. The largest absolute Gasteiger partial charge is 0.312 e. The monoisotopic (exact) mass is 147 g/mol. The molecule has 1 aliphatic heterocycles. The first-order valence-corrected chi connectivity index (χ1v) is 2.49. The van der Waals surface area contributed by atoms with Gasteiger partial charge in [0.2, 0.25) is 0 Å². The Morgan fingerprint density at radius 2 is 2.22 bits per heavy atom. The Kier molecular flexibility index (Phi) is 3.92. The molecule has 9 heavy (non-hydrogen) atoms. The van der Waals surface area contributed by atoms with Crippen LogP contribution < -0.4 is 11.2 Å². The van der Waals surface area contributed by atoms with Gasteiger partial charge >= 0.3 is 0 Å². The zero-order valence-electron chi connectivity index (χ0n) is 4.95. The molecule has 1 rings (SSSR count). The summed E-state index contributed by atoms with van der Waals surface area (Å²) in [5.41, 5.74) is 8.19. The molecule has 0 saturated carbocycles. The quantitative estimate of drug-likeness (QED) is 0.556. The minimum Gasteiger partial charge on any atom is -0.312 e. The Hall–Kier alpha value is -0.670. The maximum atomic E-state index is 5.28. The maximum absolute atomic E-state index is 5.28. The minimum atomic E-state index is 0. The van der Waals surface area contributed by atoms with Gasteiger partial charge in [0.1, 0.15) is 0 Å². The number of allylic oxidation sites excluding steroid dienone is 2. The van der Waals surface area contributed by atoms with Crippen molar-refractivity contribution >= 4 is 12.4 Å². The lowest BCUT2D eigenvalue weighted by molar-refractivity contribution is 0.322. The van der Waals surface area contributed by atoms with Crippen molar-refractivity contribution in [3.63, 3.8) is 0 Å². The number of halogens is 1. The SMILES string of the molecule is Cl.NCN1C=CC=CN1. The third-order valence-electron chi connectivity index (χ3n) is 0.910. The smallest absolute Gasteiger partial charge is 0.0856 e. The molecule has 1 heterocycles. The normalized spacial score (nSPS) is 14.6. The van der Waals surface area contributed by atoms with E-state index in [0.717, 1.165) is 0 Å². The van der Waals surface area contributed by atoms with Crippen LogP contribution in [0.4, 0.5) is 0 Å². The molecule has 0 saturated heterocycles. The van der Waals surface area contributed by atoms with E-state index in [1.807, 2.05) is 24.6 Å². The van der Waals surface area contributed by atoms with Gasteiger partial charge in [-0.05, 0) is 12.2 Å². The van der Waals surface area contributed by atoms with E-state index >= 15 is 0 Å². The van der Waals surface area contributed by atoms with Crippen LogP contribution in [0.5, 0.6) is 0 Å². The molecule has 3 nitrogen and oxygen atoms in total. The average molecular weight is 148 g/mol. The number of nitrogens with two attached hydrogens (primary N) is 1. The Bertz CT molecular complexity index is 121. The first kappa shape index (κ1) is 8.33. The van der Waals surface area contributed by atoms with Crippen molar-refractivity contribution in [2.75, 3.05) is 6.67 Å². The van der Waals surface area contributed by atoms with Gasteiger partial charge in [0.05, 0.1) is 6.67 Å². The van der Waals surface area contributed by atoms with Gasteiger partial charge in [0.15, 0.2) is 0 Å². The van der Waals surface area contributed by atoms with Crippen molar-refractivity contribution in [1.29, 1.82) is 0 Å². The van der Waals surface area contributed by atoms with Crippen LogP contribution >= 0.6 is 12.4 Å². The molecule has 0 aromatic carbocycles. The second kappa shape index (κ2) is 4.23. The van der Waals surface area contributed by atoms with Crippen LogP contribution in [0.2, 0.25) is 0 Å². The van der Waals surface area contributed by atoms with Gasteiger partial charge in [-0.1, -0.05) is 0 Å². The summed E-state index contributed by atoms with van der Waals surface area (Å²) in [6.45, 7) is 0.501. The van der Waals surface area contributed by atoms with E-state index in [1.54, 1.807) is 5.01 Å². The Balaban J connectivity index is 0.000000640. The highest BCUT2D eigenvalue weighted by Gasteiger charge is 1.90. The van der Waals surface area contributed by atoms with Crippen LogP contribution in [-0.4, -0.2) is 11.7 Å². The predicted molar refractivity (Wildman–Crippen MR) is 39.6 cm³/mol. The van der Waals surface area contributed by atoms with E-state index in [-0.39, 0.29) is 12.4 Å². The summed E-state index contributed by atoms with van der Waals surface area (Å²) in [5.74, 6) is 0. The molecule has 0 amide bonds. The van der Waals surface area contributed by atoms with E-state index < -0.39 is 0 Å². The molecule has 3 N–H and O–H groups in total. The van der Waals surface area contributed by atoms with Gasteiger partial charge < -0.3 is 11.2 Å². The molecule has 0 bridgehead atoms. The molecule has 0 atom stereocenters. The molecule has 0 radical (unpaired) electrons. The van der Waals surface area contributed by atoms with Gasteiger partial charge in [0, 0.05) is 12.4 Å². The van der Waals surface area contributed by atoms with Crippen molar-refractivity contribution < 1.29 is 0 Å². The zero-order chi connectivity index (χ0) is 5.82. The van der Waals surface area contributed by atoms with Crippen molar-refractivity contribution in [1.82, 2.24) is 10.4 Å². The highest BCUT2D eigenvalue weighted by Crippen LogP contribution is 1.87. The lowest BCUT2D eigenvalue weighted by atomic mass is 10.5.